The second-order valence-corrected chi connectivity index (χ2v) is 2.55. The molecule has 0 aromatic heterocycles. The van der Waals surface area contributed by atoms with Gasteiger partial charge < -0.3 is 15.0 Å². The maximum atomic E-state index is 11.1. The highest BCUT2D eigenvalue weighted by atomic mass is 16.5. The van der Waals surface area contributed by atoms with Gasteiger partial charge in [-0.2, -0.15) is 0 Å². The number of likely N-dealkylation sites (N-methyl/N-ethyl adjacent to an activating group) is 1. The van der Waals surface area contributed by atoms with Crippen LogP contribution in [0, 0.1) is 0 Å². The second kappa shape index (κ2) is 4.06. The average molecular weight is 172 g/mol. The van der Waals surface area contributed by atoms with Crippen LogP contribution in [0.3, 0.4) is 0 Å². The highest BCUT2D eigenvalue weighted by molar-refractivity contribution is 5.83. The lowest BCUT2D eigenvalue weighted by molar-refractivity contribution is -0.140. The van der Waals surface area contributed by atoms with Crippen molar-refractivity contribution >= 4 is 12.3 Å². The molecule has 0 aromatic carbocycles. The quantitative estimate of drug-likeness (QED) is 0.520. The second-order valence-electron chi connectivity index (χ2n) is 2.55. The zero-order valence-corrected chi connectivity index (χ0v) is 6.95. The molecular formula is C7H12N2O3. The highest BCUT2D eigenvalue weighted by Gasteiger charge is 2.27. The van der Waals surface area contributed by atoms with Gasteiger partial charge in [-0.15, -0.1) is 0 Å². The lowest BCUT2D eigenvalue weighted by Gasteiger charge is -2.30. The van der Waals surface area contributed by atoms with Crippen LogP contribution in [0.25, 0.3) is 0 Å². The minimum atomic E-state index is -0.457. The van der Waals surface area contributed by atoms with Gasteiger partial charge in [-0.05, 0) is 0 Å². The maximum absolute atomic E-state index is 11.1. The monoisotopic (exact) mass is 172 g/mol. The molecule has 12 heavy (non-hydrogen) atoms. The zero-order valence-electron chi connectivity index (χ0n) is 6.95. The number of nitrogens with one attached hydrogen (secondary N) is 1. The number of carbonyl (C=O) groups is 2. The minimum Gasteiger partial charge on any atom is -0.377 e. The third-order valence-electron chi connectivity index (χ3n) is 1.85. The van der Waals surface area contributed by atoms with Crippen molar-refractivity contribution in [2.75, 3.05) is 26.8 Å². The molecule has 68 valence electrons. The van der Waals surface area contributed by atoms with Crippen molar-refractivity contribution in [1.29, 1.82) is 0 Å². The van der Waals surface area contributed by atoms with E-state index >= 15 is 0 Å². The Hall–Kier alpha value is -1.10. The summed E-state index contributed by atoms with van der Waals surface area (Å²) in [4.78, 5) is 23.1. The van der Waals surface area contributed by atoms with Crippen LogP contribution >= 0.6 is 0 Å². The molecule has 1 N–H and O–H groups in total. The van der Waals surface area contributed by atoms with E-state index in [2.05, 4.69) is 5.32 Å². The van der Waals surface area contributed by atoms with Crippen LogP contribution in [-0.4, -0.2) is 50.1 Å². The first-order valence-corrected chi connectivity index (χ1v) is 3.80. The summed E-state index contributed by atoms with van der Waals surface area (Å²) >= 11 is 0. The van der Waals surface area contributed by atoms with E-state index in [-0.39, 0.29) is 5.91 Å². The molecule has 0 aromatic rings. The summed E-state index contributed by atoms with van der Waals surface area (Å²) in [5.41, 5.74) is 0. The first kappa shape index (κ1) is 8.99. The van der Waals surface area contributed by atoms with E-state index in [1.54, 1.807) is 7.05 Å². The van der Waals surface area contributed by atoms with Gasteiger partial charge in [0.2, 0.25) is 12.3 Å². The molecule has 0 spiro atoms. The number of hydrogen-bond donors (Lipinski definition) is 1. The maximum Gasteiger partial charge on any atom is 0.244 e. The van der Waals surface area contributed by atoms with Crippen LogP contribution in [0.2, 0.25) is 0 Å². The van der Waals surface area contributed by atoms with Gasteiger partial charge in [0.25, 0.3) is 0 Å². The third kappa shape index (κ3) is 1.73. The summed E-state index contributed by atoms with van der Waals surface area (Å²) in [5.74, 6) is -0.179. The van der Waals surface area contributed by atoms with Crippen molar-refractivity contribution in [2.24, 2.45) is 0 Å². The molecule has 0 bridgehead atoms. The number of carbonyl (C=O) groups excluding carboxylic acids is 2. The molecule has 1 saturated heterocycles. The number of nitrogens with zero attached hydrogens (tertiary/aromatic N) is 1. The van der Waals surface area contributed by atoms with Gasteiger partial charge in [-0.3, -0.25) is 9.59 Å². The number of amides is 2. The topological polar surface area (TPSA) is 58.6 Å². The molecule has 5 nitrogen and oxygen atoms in total. The number of ether oxygens (including phenoxy) is 1. The number of rotatable bonds is 2. The van der Waals surface area contributed by atoms with Gasteiger partial charge in [0, 0.05) is 13.6 Å². The van der Waals surface area contributed by atoms with E-state index in [1.165, 1.54) is 4.90 Å². The van der Waals surface area contributed by atoms with Crippen molar-refractivity contribution in [2.45, 2.75) is 6.04 Å². The fourth-order valence-electron chi connectivity index (χ4n) is 1.14. The lowest BCUT2D eigenvalue weighted by Crippen LogP contribution is -2.52. The summed E-state index contributed by atoms with van der Waals surface area (Å²) < 4.78 is 5.08. The van der Waals surface area contributed by atoms with Gasteiger partial charge in [0.05, 0.1) is 13.2 Å². The summed E-state index contributed by atoms with van der Waals surface area (Å²) in [6.07, 6.45) is 0.683. The Morgan fingerprint density at radius 3 is 3.08 bits per heavy atom. The largest absolute Gasteiger partial charge is 0.377 e. The van der Waals surface area contributed by atoms with Gasteiger partial charge in [-0.1, -0.05) is 0 Å². The third-order valence-corrected chi connectivity index (χ3v) is 1.85. The van der Waals surface area contributed by atoms with Crippen LogP contribution in [0.1, 0.15) is 0 Å². The molecule has 1 aliphatic rings. The Balaban J connectivity index is 2.58. The molecule has 1 atom stereocenters. The molecule has 2 amide bonds. The number of hydrogen-bond acceptors (Lipinski definition) is 3. The SMILES string of the molecule is CNC(=O)C1COCCN1C=O. The molecule has 0 radical (unpaired) electrons. The van der Waals surface area contributed by atoms with Gasteiger partial charge in [0.15, 0.2) is 0 Å². The van der Waals surface area contributed by atoms with Gasteiger partial charge >= 0.3 is 0 Å². The number of morpholine rings is 1. The molecule has 1 aliphatic heterocycles. The normalized spacial score (nSPS) is 23.4. The Kier molecular flexibility index (Phi) is 3.04. The van der Waals surface area contributed by atoms with Gasteiger partial charge in [-0.25, -0.2) is 0 Å². The predicted octanol–water partition coefficient (Wildman–Crippen LogP) is -1.41. The van der Waals surface area contributed by atoms with Crippen molar-refractivity contribution in [3.8, 4) is 0 Å². The van der Waals surface area contributed by atoms with Crippen LogP contribution in [-0.2, 0) is 14.3 Å². The van der Waals surface area contributed by atoms with Crippen LogP contribution in [0.15, 0.2) is 0 Å². The standard InChI is InChI=1S/C7H12N2O3/c1-8-7(11)6-4-12-3-2-9(6)5-10/h5-6H,2-4H2,1H3,(H,8,11). The van der Waals surface area contributed by atoms with E-state index in [1.807, 2.05) is 0 Å². The van der Waals surface area contributed by atoms with Crippen LogP contribution in [0.4, 0.5) is 0 Å². The van der Waals surface area contributed by atoms with Crippen molar-refractivity contribution in [3.63, 3.8) is 0 Å². The molecule has 5 heteroatoms. The van der Waals surface area contributed by atoms with E-state index in [0.717, 1.165) is 0 Å². The predicted molar refractivity (Wildman–Crippen MR) is 41.4 cm³/mol. The average Bonchev–Trinajstić information content (AvgIpc) is 2.16. The molecular weight excluding hydrogens is 160 g/mol. The summed E-state index contributed by atoms with van der Waals surface area (Å²) in [6, 6.07) is -0.457. The molecule has 0 saturated carbocycles. The Labute approximate surface area is 70.7 Å². The Bertz CT molecular complexity index is 183. The molecule has 1 heterocycles. The highest BCUT2D eigenvalue weighted by Crippen LogP contribution is 2.03. The summed E-state index contributed by atoms with van der Waals surface area (Å²) in [5, 5.41) is 2.48. The molecule has 1 unspecified atom stereocenters. The van der Waals surface area contributed by atoms with E-state index in [9.17, 15) is 9.59 Å². The van der Waals surface area contributed by atoms with Crippen molar-refractivity contribution < 1.29 is 14.3 Å². The van der Waals surface area contributed by atoms with E-state index < -0.39 is 6.04 Å². The first-order valence-electron chi connectivity index (χ1n) is 3.80. The van der Waals surface area contributed by atoms with Crippen molar-refractivity contribution in [1.82, 2.24) is 10.2 Å². The summed E-state index contributed by atoms with van der Waals surface area (Å²) in [7, 11) is 1.54. The molecule has 0 aliphatic carbocycles. The minimum absolute atomic E-state index is 0.179. The Morgan fingerprint density at radius 1 is 1.75 bits per heavy atom. The Morgan fingerprint density at radius 2 is 2.50 bits per heavy atom. The van der Waals surface area contributed by atoms with Crippen LogP contribution in [0.5, 0.6) is 0 Å². The van der Waals surface area contributed by atoms with Crippen LogP contribution < -0.4 is 5.32 Å². The first-order chi connectivity index (χ1) is 5.79. The van der Waals surface area contributed by atoms with E-state index in [0.29, 0.717) is 26.2 Å². The van der Waals surface area contributed by atoms with Crippen molar-refractivity contribution in [3.05, 3.63) is 0 Å². The molecule has 1 fully saturated rings. The van der Waals surface area contributed by atoms with Gasteiger partial charge in [0.1, 0.15) is 6.04 Å². The molecule has 1 rings (SSSR count). The van der Waals surface area contributed by atoms with E-state index in [4.69, 9.17) is 4.74 Å². The fourth-order valence-corrected chi connectivity index (χ4v) is 1.14. The fraction of sp³-hybridized carbons (Fsp3) is 0.714. The summed E-state index contributed by atoms with van der Waals surface area (Å²) in [6.45, 7) is 1.28. The smallest absolute Gasteiger partial charge is 0.244 e. The lowest BCUT2D eigenvalue weighted by atomic mass is 10.2. The zero-order chi connectivity index (χ0) is 8.97.